The van der Waals surface area contributed by atoms with Crippen LogP contribution in [0.15, 0.2) is 140 Å². The van der Waals surface area contributed by atoms with Crippen molar-refractivity contribution in [3.8, 4) is 74.1 Å². The molecule has 0 saturated carbocycles. The number of nitriles is 1. The lowest BCUT2D eigenvalue weighted by Gasteiger charge is -2.10. The second kappa shape index (κ2) is 11.8. The molecule has 3 aromatic carbocycles. The van der Waals surface area contributed by atoms with Crippen LogP contribution in [0.3, 0.4) is 0 Å². The quantitative estimate of drug-likeness (QED) is 0.202. The number of nitrogens with zero attached hydrogens (tertiary/aromatic N) is 7. The molecule has 0 aliphatic rings. The molecule has 0 fully saturated rings. The number of pyridine rings is 3. The van der Waals surface area contributed by atoms with E-state index in [0.29, 0.717) is 34.4 Å². The van der Waals surface area contributed by atoms with E-state index in [9.17, 15) is 5.26 Å². The van der Waals surface area contributed by atoms with Gasteiger partial charge in [-0.25, -0.2) is 19.9 Å². The summed E-state index contributed by atoms with van der Waals surface area (Å²) >= 11 is 0. The van der Waals surface area contributed by atoms with E-state index in [1.165, 1.54) is 0 Å². The van der Waals surface area contributed by atoms with Crippen molar-refractivity contribution in [3.05, 3.63) is 145 Å². The minimum Gasteiger partial charge on any atom is -0.255 e. The first kappa shape index (κ1) is 26.5. The smallest absolute Gasteiger partial charge is 0.165 e. The fourth-order valence-corrected chi connectivity index (χ4v) is 4.83. The van der Waals surface area contributed by atoms with Gasteiger partial charge < -0.3 is 0 Å². The van der Waals surface area contributed by atoms with Crippen LogP contribution in [0.25, 0.3) is 68.1 Å². The summed E-state index contributed by atoms with van der Waals surface area (Å²) in [5, 5.41) is 9.25. The molecule has 0 amide bonds. The van der Waals surface area contributed by atoms with Crippen LogP contribution in [-0.4, -0.2) is 29.9 Å². The van der Waals surface area contributed by atoms with Gasteiger partial charge in [-0.05, 0) is 59.7 Å². The monoisotopic (exact) mass is 565 g/mol. The molecule has 4 aromatic heterocycles. The largest absolute Gasteiger partial charge is 0.255 e. The van der Waals surface area contributed by atoms with E-state index in [1.54, 1.807) is 12.4 Å². The Bertz CT molecular complexity index is 2030. The summed E-state index contributed by atoms with van der Waals surface area (Å²) in [5.41, 5.74) is 7.98. The predicted molar refractivity (Wildman–Crippen MR) is 171 cm³/mol. The first-order valence-corrected chi connectivity index (χ1v) is 14.0. The summed E-state index contributed by atoms with van der Waals surface area (Å²) in [6, 6.07) is 43.1. The highest BCUT2D eigenvalue weighted by Gasteiger charge is 2.14. The van der Waals surface area contributed by atoms with Crippen LogP contribution in [0.1, 0.15) is 5.56 Å². The standard InChI is InChI=1S/C37H23N7/c38-23-25-14-16-26(17-15-25)30-21-33(31-13-7-8-20-39-31)41-34(22-30)32-19-18-29(24-40-32)37-43-35(27-9-3-1-4-10-27)42-36(44-37)28-11-5-2-6-12-28/h1-22,24H. The topological polar surface area (TPSA) is 101 Å². The molecule has 0 atom stereocenters. The molecule has 0 N–H and O–H groups in total. The molecule has 7 nitrogen and oxygen atoms in total. The maximum absolute atomic E-state index is 9.25. The predicted octanol–water partition coefficient (Wildman–Crippen LogP) is 7.93. The molecule has 7 heteroatoms. The van der Waals surface area contributed by atoms with E-state index in [2.05, 4.69) is 11.1 Å². The fraction of sp³-hybridized carbons (Fsp3) is 0. The summed E-state index contributed by atoms with van der Waals surface area (Å²) < 4.78 is 0. The van der Waals surface area contributed by atoms with Crippen LogP contribution < -0.4 is 0 Å². The number of hydrogen-bond donors (Lipinski definition) is 0. The van der Waals surface area contributed by atoms with Gasteiger partial charge in [0.1, 0.15) is 0 Å². The summed E-state index contributed by atoms with van der Waals surface area (Å²) in [5.74, 6) is 1.72. The first-order chi connectivity index (χ1) is 21.7. The van der Waals surface area contributed by atoms with E-state index >= 15 is 0 Å². The molecule has 206 valence electrons. The SMILES string of the molecule is N#Cc1ccc(-c2cc(-c3ccccn3)nc(-c3ccc(-c4nc(-c5ccccc5)nc(-c5ccccc5)n4)cn3)c2)cc1. The van der Waals surface area contributed by atoms with Crippen molar-refractivity contribution in [1.82, 2.24) is 29.9 Å². The Hall–Kier alpha value is -6.39. The van der Waals surface area contributed by atoms with E-state index in [1.807, 2.05) is 127 Å². The second-order valence-corrected chi connectivity index (χ2v) is 10.0. The van der Waals surface area contributed by atoms with Crippen molar-refractivity contribution in [1.29, 1.82) is 5.26 Å². The lowest BCUT2D eigenvalue weighted by Crippen LogP contribution is -2.00. The normalized spacial score (nSPS) is 10.7. The molecule has 7 rings (SSSR count). The molecule has 0 aliphatic carbocycles. The molecular weight excluding hydrogens is 542 g/mol. The third-order valence-corrected chi connectivity index (χ3v) is 7.08. The Morgan fingerprint density at radius 2 is 0.955 bits per heavy atom. The molecule has 7 aromatic rings. The van der Waals surface area contributed by atoms with E-state index in [-0.39, 0.29) is 0 Å². The van der Waals surface area contributed by atoms with Gasteiger partial charge in [0.25, 0.3) is 0 Å². The molecule has 0 spiro atoms. The summed E-state index contributed by atoms with van der Waals surface area (Å²) in [6.07, 6.45) is 3.52. The highest BCUT2D eigenvalue weighted by molar-refractivity contribution is 5.75. The van der Waals surface area contributed by atoms with E-state index in [4.69, 9.17) is 24.9 Å². The third-order valence-electron chi connectivity index (χ3n) is 7.08. The van der Waals surface area contributed by atoms with Crippen LogP contribution in [0.2, 0.25) is 0 Å². The minimum absolute atomic E-state index is 0.533. The van der Waals surface area contributed by atoms with E-state index < -0.39 is 0 Å². The van der Waals surface area contributed by atoms with Crippen molar-refractivity contribution < 1.29 is 0 Å². The Labute approximate surface area is 254 Å². The van der Waals surface area contributed by atoms with Crippen molar-refractivity contribution >= 4 is 0 Å². The number of hydrogen-bond acceptors (Lipinski definition) is 7. The van der Waals surface area contributed by atoms with Crippen molar-refractivity contribution in [2.45, 2.75) is 0 Å². The Balaban J connectivity index is 1.30. The third kappa shape index (κ3) is 5.56. The molecule has 0 saturated heterocycles. The zero-order valence-electron chi connectivity index (χ0n) is 23.4. The Morgan fingerprint density at radius 3 is 1.48 bits per heavy atom. The van der Waals surface area contributed by atoms with Gasteiger partial charge in [0.2, 0.25) is 0 Å². The van der Waals surface area contributed by atoms with Gasteiger partial charge in [-0.3, -0.25) is 9.97 Å². The van der Waals surface area contributed by atoms with E-state index in [0.717, 1.165) is 39.2 Å². The van der Waals surface area contributed by atoms with Gasteiger partial charge in [0.15, 0.2) is 17.5 Å². The van der Waals surface area contributed by atoms with Crippen molar-refractivity contribution in [2.24, 2.45) is 0 Å². The average Bonchev–Trinajstić information content (AvgIpc) is 3.12. The van der Waals surface area contributed by atoms with Gasteiger partial charge in [-0.1, -0.05) is 78.9 Å². The maximum Gasteiger partial charge on any atom is 0.165 e. The van der Waals surface area contributed by atoms with Gasteiger partial charge in [-0.15, -0.1) is 0 Å². The highest BCUT2D eigenvalue weighted by Crippen LogP contribution is 2.30. The van der Waals surface area contributed by atoms with Gasteiger partial charge >= 0.3 is 0 Å². The number of aromatic nitrogens is 6. The van der Waals surface area contributed by atoms with Gasteiger partial charge in [-0.2, -0.15) is 5.26 Å². The summed E-state index contributed by atoms with van der Waals surface area (Å²) in [7, 11) is 0. The highest BCUT2D eigenvalue weighted by atomic mass is 15.0. The molecule has 4 heterocycles. The second-order valence-electron chi connectivity index (χ2n) is 10.0. The van der Waals surface area contributed by atoms with Gasteiger partial charge in [0, 0.05) is 29.1 Å². The minimum atomic E-state index is 0.533. The molecular formula is C37H23N7. The van der Waals surface area contributed by atoms with Crippen LogP contribution in [0, 0.1) is 11.3 Å². The van der Waals surface area contributed by atoms with Crippen LogP contribution in [-0.2, 0) is 0 Å². The zero-order chi connectivity index (χ0) is 29.7. The lowest BCUT2D eigenvalue weighted by atomic mass is 10.0. The fourth-order valence-electron chi connectivity index (χ4n) is 4.83. The van der Waals surface area contributed by atoms with Crippen molar-refractivity contribution in [2.75, 3.05) is 0 Å². The van der Waals surface area contributed by atoms with Crippen LogP contribution >= 0.6 is 0 Å². The lowest BCUT2D eigenvalue weighted by molar-refractivity contribution is 1.07. The van der Waals surface area contributed by atoms with Crippen LogP contribution in [0.4, 0.5) is 0 Å². The van der Waals surface area contributed by atoms with Crippen molar-refractivity contribution in [3.63, 3.8) is 0 Å². The number of rotatable bonds is 6. The first-order valence-electron chi connectivity index (χ1n) is 14.0. The van der Waals surface area contributed by atoms with Gasteiger partial charge in [0.05, 0.1) is 34.4 Å². The summed E-state index contributed by atoms with van der Waals surface area (Å²) in [4.78, 5) is 28.6. The Kier molecular flexibility index (Phi) is 7.13. The zero-order valence-corrected chi connectivity index (χ0v) is 23.4. The molecule has 44 heavy (non-hydrogen) atoms. The average molecular weight is 566 g/mol. The summed E-state index contributed by atoms with van der Waals surface area (Å²) in [6.45, 7) is 0. The molecule has 0 unspecified atom stereocenters. The Morgan fingerprint density at radius 1 is 0.409 bits per heavy atom. The van der Waals surface area contributed by atoms with Crippen LogP contribution in [0.5, 0.6) is 0 Å². The molecule has 0 aliphatic heterocycles. The number of benzene rings is 3. The maximum atomic E-state index is 9.25. The molecule has 0 bridgehead atoms. The molecule has 0 radical (unpaired) electrons.